The van der Waals surface area contributed by atoms with E-state index < -0.39 is 14.9 Å². The van der Waals surface area contributed by atoms with E-state index in [9.17, 15) is 18.5 Å². The van der Waals surface area contributed by atoms with Crippen molar-refractivity contribution in [3.05, 3.63) is 34.4 Å². The molecule has 0 spiro atoms. The number of sulfonamides is 1. The average Bonchev–Trinajstić information content (AvgIpc) is 2.67. The third kappa shape index (κ3) is 10.2. The number of aliphatic imine (C=N–C) groups is 1. The van der Waals surface area contributed by atoms with Crippen molar-refractivity contribution < 1.29 is 18.1 Å². The second kappa shape index (κ2) is 13.1. The maximum atomic E-state index is 12.3. The summed E-state index contributed by atoms with van der Waals surface area (Å²) in [5.41, 5.74) is -0.273. The third-order valence-electron chi connectivity index (χ3n) is 3.56. The van der Waals surface area contributed by atoms with Crippen LogP contribution in [-0.4, -0.2) is 58.7 Å². The Morgan fingerprint density at radius 3 is 2.69 bits per heavy atom. The number of hydrogen-bond acceptors (Lipinski definition) is 6. The molecule has 0 amide bonds. The first kappa shape index (κ1) is 24.8. The second-order valence-electron chi connectivity index (χ2n) is 6.66. The highest BCUT2D eigenvalue weighted by Crippen LogP contribution is 2.16. The highest BCUT2D eigenvalue weighted by molar-refractivity contribution is 7.89. The van der Waals surface area contributed by atoms with Gasteiger partial charge < -0.3 is 15.4 Å². The summed E-state index contributed by atoms with van der Waals surface area (Å²) in [6.45, 7) is 9.18. The summed E-state index contributed by atoms with van der Waals surface area (Å²) in [5.74, 6) is 1.09. The summed E-state index contributed by atoms with van der Waals surface area (Å²) in [5, 5.41) is 16.9. The molecule has 164 valence electrons. The summed E-state index contributed by atoms with van der Waals surface area (Å²) in [6, 6.07) is 4.93. The SMILES string of the molecule is CCNC(=NCCCOCC(C)C)NCCNS(=O)(=O)c1cccc([N+](=O)[O-])c1. The summed E-state index contributed by atoms with van der Waals surface area (Å²) in [7, 11) is -3.83. The van der Waals surface area contributed by atoms with Crippen LogP contribution in [-0.2, 0) is 14.8 Å². The molecular weight excluding hydrogens is 398 g/mol. The van der Waals surface area contributed by atoms with Gasteiger partial charge in [0.15, 0.2) is 5.96 Å². The van der Waals surface area contributed by atoms with Crippen LogP contribution in [0.3, 0.4) is 0 Å². The number of guanidine groups is 1. The number of nitrogens with one attached hydrogen (secondary N) is 3. The molecular formula is C18H31N5O5S. The molecule has 29 heavy (non-hydrogen) atoms. The Labute approximate surface area is 172 Å². The summed E-state index contributed by atoms with van der Waals surface area (Å²) in [4.78, 5) is 14.4. The fraction of sp³-hybridized carbons (Fsp3) is 0.611. The van der Waals surface area contributed by atoms with Crippen molar-refractivity contribution in [3.8, 4) is 0 Å². The van der Waals surface area contributed by atoms with Crippen molar-refractivity contribution in [2.24, 2.45) is 10.9 Å². The van der Waals surface area contributed by atoms with E-state index in [4.69, 9.17) is 4.74 Å². The van der Waals surface area contributed by atoms with Gasteiger partial charge in [-0.3, -0.25) is 15.1 Å². The predicted molar refractivity (Wildman–Crippen MR) is 113 cm³/mol. The van der Waals surface area contributed by atoms with Crippen molar-refractivity contribution in [1.82, 2.24) is 15.4 Å². The first-order valence-electron chi connectivity index (χ1n) is 9.60. The van der Waals surface area contributed by atoms with Gasteiger partial charge >= 0.3 is 0 Å². The number of rotatable bonds is 13. The third-order valence-corrected chi connectivity index (χ3v) is 5.02. The molecule has 0 saturated carbocycles. The predicted octanol–water partition coefficient (Wildman–Crippen LogP) is 1.49. The van der Waals surface area contributed by atoms with Crippen LogP contribution >= 0.6 is 0 Å². The van der Waals surface area contributed by atoms with Gasteiger partial charge in [-0.2, -0.15) is 0 Å². The largest absolute Gasteiger partial charge is 0.381 e. The standard InChI is InChI=1S/C18H31N5O5S/c1-4-19-18(20-9-6-12-28-14-15(2)3)21-10-11-22-29(26,27)17-8-5-7-16(13-17)23(24)25/h5,7-8,13,15,22H,4,6,9-12,14H2,1-3H3,(H2,19,20,21). The van der Waals surface area contributed by atoms with Gasteiger partial charge in [0.2, 0.25) is 10.0 Å². The molecule has 0 radical (unpaired) electrons. The number of nitrogens with zero attached hydrogens (tertiary/aromatic N) is 2. The lowest BCUT2D eigenvalue weighted by Crippen LogP contribution is -2.41. The van der Waals surface area contributed by atoms with Gasteiger partial charge in [0.25, 0.3) is 5.69 Å². The molecule has 0 saturated heterocycles. The molecule has 3 N–H and O–H groups in total. The first-order valence-corrected chi connectivity index (χ1v) is 11.1. The molecule has 1 aromatic carbocycles. The Kier molecular flexibility index (Phi) is 11.2. The highest BCUT2D eigenvalue weighted by atomic mass is 32.2. The van der Waals surface area contributed by atoms with E-state index in [2.05, 4.69) is 34.2 Å². The normalized spacial score (nSPS) is 12.2. The van der Waals surface area contributed by atoms with Crippen LogP contribution in [0.4, 0.5) is 5.69 Å². The van der Waals surface area contributed by atoms with Gasteiger partial charge in [0, 0.05) is 51.5 Å². The molecule has 0 bridgehead atoms. The van der Waals surface area contributed by atoms with E-state index >= 15 is 0 Å². The highest BCUT2D eigenvalue weighted by Gasteiger charge is 2.17. The Balaban J connectivity index is 2.45. The Morgan fingerprint density at radius 1 is 1.28 bits per heavy atom. The summed E-state index contributed by atoms with van der Waals surface area (Å²) >= 11 is 0. The van der Waals surface area contributed by atoms with E-state index in [0.29, 0.717) is 38.1 Å². The number of nitro benzene ring substituents is 1. The minimum atomic E-state index is -3.83. The lowest BCUT2D eigenvalue weighted by molar-refractivity contribution is -0.385. The summed E-state index contributed by atoms with van der Waals surface area (Å²) < 4.78 is 32.5. The molecule has 0 aromatic heterocycles. The van der Waals surface area contributed by atoms with Crippen molar-refractivity contribution >= 4 is 21.7 Å². The lowest BCUT2D eigenvalue weighted by atomic mass is 10.2. The van der Waals surface area contributed by atoms with E-state index in [1.54, 1.807) is 0 Å². The monoisotopic (exact) mass is 429 g/mol. The van der Waals surface area contributed by atoms with Crippen LogP contribution in [0.2, 0.25) is 0 Å². The topological polar surface area (TPSA) is 135 Å². The minimum Gasteiger partial charge on any atom is -0.381 e. The average molecular weight is 430 g/mol. The number of hydrogen-bond donors (Lipinski definition) is 3. The van der Waals surface area contributed by atoms with Crippen LogP contribution < -0.4 is 15.4 Å². The van der Waals surface area contributed by atoms with E-state index in [-0.39, 0.29) is 17.1 Å². The van der Waals surface area contributed by atoms with Crippen LogP contribution in [0.15, 0.2) is 34.2 Å². The Morgan fingerprint density at radius 2 is 2.03 bits per heavy atom. The van der Waals surface area contributed by atoms with E-state index in [1.807, 2.05) is 6.92 Å². The zero-order valence-electron chi connectivity index (χ0n) is 17.2. The molecule has 0 heterocycles. The van der Waals surface area contributed by atoms with Crippen molar-refractivity contribution in [1.29, 1.82) is 0 Å². The molecule has 1 aromatic rings. The maximum absolute atomic E-state index is 12.3. The Bertz CT molecular complexity index is 768. The molecule has 0 aliphatic heterocycles. The maximum Gasteiger partial charge on any atom is 0.270 e. The molecule has 0 aliphatic carbocycles. The fourth-order valence-corrected chi connectivity index (χ4v) is 3.30. The van der Waals surface area contributed by atoms with Crippen molar-refractivity contribution in [2.45, 2.75) is 32.1 Å². The second-order valence-corrected chi connectivity index (χ2v) is 8.43. The number of ether oxygens (including phenoxy) is 1. The van der Waals surface area contributed by atoms with E-state index in [0.717, 1.165) is 19.1 Å². The van der Waals surface area contributed by atoms with Crippen LogP contribution in [0, 0.1) is 16.0 Å². The van der Waals surface area contributed by atoms with Gasteiger partial charge in [-0.25, -0.2) is 13.1 Å². The van der Waals surface area contributed by atoms with Crippen LogP contribution in [0.25, 0.3) is 0 Å². The number of nitro groups is 1. The van der Waals surface area contributed by atoms with Crippen molar-refractivity contribution in [2.75, 3.05) is 39.4 Å². The molecule has 11 heteroatoms. The van der Waals surface area contributed by atoms with Gasteiger partial charge in [0.1, 0.15) is 0 Å². The molecule has 0 fully saturated rings. The van der Waals surface area contributed by atoms with Gasteiger partial charge in [-0.05, 0) is 25.3 Å². The zero-order valence-corrected chi connectivity index (χ0v) is 18.0. The molecule has 0 unspecified atom stereocenters. The van der Waals surface area contributed by atoms with Gasteiger partial charge in [-0.1, -0.05) is 19.9 Å². The molecule has 0 aliphatic rings. The number of non-ortho nitro benzene ring substituents is 1. The minimum absolute atomic E-state index is 0.104. The van der Waals surface area contributed by atoms with Crippen molar-refractivity contribution in [3.63, 3.8) is 0 Å². The Hall–Kier alpha value is -2.24. The van der Waals surface area contributed by atoms with Crippen LogP contribution in [0.5, 0.6) is 0 Å². The smallest absolute Gasteiger partial charge is 0.270 e. The molecule has 0 atom stereocenters. The molecule has 10 nitrogen and oxygen atoms in total. The van der Waals surface area contributed by atoms with Gasteiger partial charge in [0.05, 0.1) is 9.82 Å². The quantitative estimate of drug-likeness (QED) is 0.142. The van der Waals surface area contributed by atoms with E-state index in [1.165, 1.54) is 18.2 Å². The van der Waals surface area contributed by atoms with Gasteiger partial charge in [-0.15, -0.1) is 0 Å². The fourth-order valence-electron chi connectivity index (χ4n) is 2.23. The zero-order chi connectivity index (χ0) is 21.7. The number of benzene rings is 1. The van der Waals surface area contributed by atoms with Crippen LogP contribution in [0.1, 0.15) is 27.2 Å². The first-order chi connectivity index (χ1) is 13.8. The molecule has 1 rings (SSSR count). The summed E-state index contributed by atoms with van der Waals surface area (Å²) in [6.07, 6.45) is 0.794. The lowest BCUT2D eigenvalue weighted by Gasteiger charge is -2.12.